The zero-order valence-corrected chi connectivity index (χ0v) is 20.1. The second kappa shape index (κ2) is 8.65. The molecule has 4 aliphatic carbocycles. The van der Waals surface area contributed by atoms with Crippen molar-refractivity contribution in [2.45, 2.75) is 90.1 Å². The predicted molar refractivity (Wildman–Crippen MR) is 126 cm³/mol. The van der Waals surface area contributed by atoms with E-state index in [-0.39, 0.29) is 23.1 Å². The Morgan fingerprint density at radius 1 is 1.12 bits per heavy atom. The van der Waals surface area contributed by atoms with Gasteiger partial charge in [-0.15, -0.1) is 0 Å². The number of carbonyl (C=O) groups is 1. The van der Waals surface area contributed by atoms with Gasteiger partial charge in [0.1, 0.15) is 6.07 Å². The molecular weight excluding hydrogens is 412 g/mol. The van der Waals surface area contributed by atoms with Crippen LogP contribution in [0.2, 0.25) is 0 Å². The highest BCUT2D eigenvalue weighted by Crippen LogP contribution is 2.64. The van der Waals surface area contributed by atoms with Gasteiger partial charge in [0.15, 0.2) is 0 Å². The molecule has 0 radical (unpaired) electrons. The lowest BCUT2D eigenvalue weighted by Gasteiger charge is -2.57. The Morgan fingerprint density at radius 2 is 1.88 bits per heavy atom. The minimum Gasteiger partial charge on any atom is -0.390 e. The van der Waals surface area contributed by atoms with E-state index >= 15 is 0 Å². The van der Waals surface area contributed by atoms with Crippen LogP contribution in [0.25, 0.3) is 0 Å². The number of nitriles is 1. The number of nitrogens with zero attached hydrogens (tertiary/aromatic N) is 3. The number of hydrogen-bond acceptors (Lipinski definition) is 5. The molecule has 1 heterocycles. The molecule has 0 bridgehead atoms. The molecule has 8 unspecified atom stereocenters. The van der Waals surface area contributed by atoms with Gasteiger partial charge in [-0.2, -0.15) is 5.26 Å². The van der Waals surface area contributed by atoms with Gasteiger partial charge in [-0.25, -0.2) is 9.97 Å². The molecule has 0 aromatic carbocycles. The van der Waals surface area contributed by atoms with E-state index in [1.54, 1.807) is 0 Å². The van der Waals surface area contributed by atoms with Crippen LogP contribution >= 0.6 is 0 Å². The molecule has 1 aromatic heterocycles. The molecule has 33 heavy (non-hydrogen) atoms. The Kier molecular flexibility index (Phi) is 5.97. The number of aliphatic hydroxyl groups is 1. The van der Waals surface area contributed by atoms with Crippen molar-refractivity contribution >= 4 is 11.6 Å². The van der Waals surface area contributed by atoms with E-state index in [4.69, 9.17) is 5.26 Å². The molecule has 6 heteroatoms. The number of fused-ring (bicyclic) bond motifs is 5. The van der Waals surface area contributed by atoms with Crippen molar-refractivity contribution in [2.24, 2.45) is 40.9 Å². The molecule has 5 rings (SSSR count). The maximum Gasteiger partial charge on any atom is 0.232 e. The molecule has 1 aromatic rings. The van der Waals surface area contributed by atoms with Gasteiger partial charge in [0, 0.05) is 5.92 Å². The lowest BCUT2D eigenvalue weighted by atomic mass is 9.49. The molecule has 0 aliphatic heterocycles. The molecule has 4 saturated carbocycles. The van der Waals surface area contributed by atoms with Crippen molar-refractivity contribution in [1.29, 1.82) is 5.26 Å². The van der Waals surface area contributed by atoms with E-state index in [0.717, 1.165) is 62.7 Å². The number of anilines is 1. The Bertz CT molecular complexity index is 927. The molecule has 4 aliphatic rings. The van der Waals surface area contributed by atoms with E-state index in [0.29, 0.717) is 17.5 Å². The van der Waals surface area contributed by atoms with Crippen LogP contribution in [0.5, 0.6) is 0 Å². The molecule has 4 fully saturated rings. The average Bonchev–Trinajstić information content (AvgIpc) is 3.16. The second-order valence-corrected chi connectivity index (χ2v) is 11.7. The lowest BCUT2D eigenvalue weighted by molar-refractivity contribution is -0.130. The first-order valence-corrected chi connectivity index (χ1v) is 13.1. The van der Waals surface area contributed by atoms with Gasteiger partial charge in [0.05, 0.1) is 23.7 Å². The van der Waals surface area contributed by atoms with Crippen molar-refractivity contribution < 1.29 is 9.90 Å². The lowest BCUT2D eigenvalue weighted by Crippen LogP contribution is -2.51. The zero-order chi connectivity index (χ0) is 23.2. The first-order chi connectivity index (χ1) is 15.9. The average molecular weight is 451 g/mol. The molecule has 0 spiro atoms. The van der Waals surface area contributed by atoms with Crippen molar-refractivity contribution in [3.05, 3.63) is 18.2 Å². The molecular formula is C27H38N4O2. The van der Waals surface area contributed by atoms with Crippen LogP contribution in [0.3, 0.4) is 0 Å². The van der Waals surface area contributed by atoms with Gasteiger partial charge in [-0.1, -0.05) is 20.3 Å². The molecule has 178 valence electrons. The topological polar surface area (TPSA) is 98.9 Å². The van der Waals surface area contributed by atoms with Crippen LogP contribution in [-0.2, 0) is 4.79 Å². The van der Waals surface area contributed by atoms with Crippen LogP contribution < -0.4 is 5.32 Å². The van der Waals surface area contributed by atoms with Crippen molar-refractivity contribution in [3.63, 3.8) is 0 Å². The van der Waals surface area contributed by atoms with E-state index < -0.39 is 5.60 Å². The second-order valence-electron chi connectivity index (χ2n) is 11.7. The van der Waals surface area contributed by atoms with Crippen LogP contribution in [0.1, 0.15) is 90.3 Å². The third-order valence-electron chi connectivity index (χ3n) is 10.2. The fourth-order valence-electron chi connectivity index (χ4n) is 8.77. The Hall–Kier alpha value is -2.00. The quantitative estimate of drug-likeness (QED) is 0.666. The summed E-state index contributed by atoms with van der Waals surface area (Å²) in [4.78, 5) is 21.3. The highest BCUT2D eigenvalue weighted by atomic mass is 16.3. The molecule has 1 amide bonds. The Balaban J connectivity index is 1.27. The normalized spacial score (nSPS) is 41.9. The summed E-state index contributed by atoms with van der Waals surface area (Å²) in [5, 5.41) is 23.0. The summed E-state index contributed by atoms with van der Waals surface area (Å²) in [6.45, 7) is 4.55. The van der Waals surface area contributed by atoms with Crippen molar-refractivity contribution in [3.8, 4) is 6.07 Å². The third kappa shape index (κ3) is 3.97. The minimum absolute atomic E-state index is 0.0258. The number of hydrogen-bond donors (Lipinski definition) is 2. The van der Waals surface area contributed by atoms with Crippen LogP contribution in [0.4, 0.5) is 5.69 Å². The maximum absolute atomic E-state index is 13.3. The van der Waals surface area contributed by atoms with E-state index in [2.05, 4.69) is 29.1 Å². The third-order valence-corrected chi connectivity index (χ3v) is 10.2. The zero-order valence-electron chi connectivity index (χ0n) is 20.1. The highest BCUT2D eigenvalue weighted by molar-refractivity contribution is 5.93. The number of amides is 1. The van der Waals surface area contributed by atoms with Crippen molar-refractivity contribution in [2.75, 3.05) is 5.32 Å². The van der Waals surface area contributed by atoms with Crippen LogP contribution in [0, 0.1) is 52.3 Å². The highest BCUT2D eigenvalue weighted by Gasteiger charge is 2.59. The fraction of sp³-hybridized carbons (Fsp3) is 0.778. The van der Waals surface area contributed by atoms with E-state index in [1.807, 2.05) is 6.07 Å². The number of aromatic nitrogens is 2. The van der Waals surface area contributed by atoms with Crippen molar-refractivity contribution in [1.82, 2.24) is 9.97 Å². The summed E-state index contributed by atoms with van der Waals surface area (Å²) in [5.41, 5.74) is 0.211. The summed E-state index contributed by atoms with van der Waals surface area (Å²) >= 11 is 0. The maximum atomic E-state index is 13.3. The number of rotatable bonds is 4. The molecule has 0 saturated heterocycles. The fourth-order valence-corrected chi connectivity index (χ4v) is 8.77. The van der Waals surface area contributed by atoms with Gasteiger partial charge in [0.2, 0.25) is 11.7 Å². The standard InChI is InChI=1S/C27H38N4O2/c1-3-10-27(33)12-9-19-17(13-27)4-5-21-20(19)8-11-26(2)22(21)6-7-23(26)25(32)31-18-15-29-24(14-28)30-16-18/h15-17,19-23,33H,3-13H2,1-2H3,(H,31,32). The van der Waals surface area contributed by atoms with Gasteiger partial charge in [0.25, 0.3) is 0 Å². The molecule has 2 N–H and O–H groups in total. The first kappa shape index (κ1) is 22.8. The number of carbonyl (C=O) groups excluding carboxylic acids is 1. The molecule has 6 nitrogen and oxygen atoms in total. The van der Waals surface area contributed by atoms with Gasteiger partial charge < -0.3 is 10.4 Å². The molecule has 8 atom stereocenters. The number of nitrogens with one attached hydrogen (secondary N) is 1. The predicted octanol–water partition coefficient (Wildman–Crippen LogP) is 5.09. The smallest absolute Gasteiger partial charge is 0.232 e. The summed E-state index contributed by atoms with van der Waals surface area (Å²) in [5.74, 6) is 3.83. The van der Waals surface area contributed by atoms with Crippen LogP contribution in [-0.4, -0.2) is 26.6 Å². The largest absolute Gasteiger partial charge is 0.390 e. The van der Waals surface area contributed by atoms with Gasteiger partial charge in [-0.05, 0) is 99.2 Å². The van der Waals surface area contributed by atoms with Gasteiger partial charge in [-0.3, -0.25) is 4.79 Å². The van der Waals surface area contributed by atoms with E-state index in [9.17, 15) is 9.90 Å². The van der Waals surface area contributed by atoms with E-state index in [1.165, 1.54) is 38.1 Å². The summed E-state index contributed by atoms with van der Waals surface area (Å²) in [6.07, 6.45) is 15.2. The summed E-state index contributed by atoms with van der Waals surface area (Å²) in [7, 11) is 0. The Morgan fingerprint density at radius 3 is 2.61 bits per heavy atom. The summed E-state index contributed by atoms with van der Waals surface area (Å²) < 4.78 is 0. The SMILES string of the molecule is CCCC1(O)CCC2C(CCC3C2CCC2(C)C(C(=O)Nc4cnc(C#N)nc4)CCC32)C1. The minimum atomic E-state index is -0.419. The summed E-state index contributed by atoms with van der Waals surface area (Å²) in [6, 6.07) is 1.91. The first-order valence-electron chi connectivity index (χ1n) is 13.1. The monoisotopic (exact) mass is 450 g/mol. The Labute approximate surface area is 197 Å². The van der Waals surface area contributed by atoms with Gasteiger partial charge >= 0.3 is 0 Å². The van der Waals surface area contributed by atoms with Crippen LogP contribution in [0.15, 0.2) is 12.4 Å².